The van der Waals surface area contributed by atoms with Crippen molar-refractivity contribution in [2.24, 2.45) is 0 Å². The van der Waals surface area contributed by atoms with Gasteiger partial charge in [0.15, 0.2) is 5.82 Å². The summed E-state index contributed by atoms with van der Waals surface area (Å²) in [6, 6.07) is 14.6. The number of aromatic nitrogens is 4. The van der Waals surface area contributed by atoms with E-state index in [2.05, 4.69) is 20.4 Å². The Morgan fingerprint density at radius 2 is 1.96 bits per heavy atom. The topological polar surface area (TPSA) is 92.4 Å². The third-order valence-electron chi connectivity index (χ3n) is 4.19. The fraction of sp³-hybridized carbons (Fsp3) is 0.100. The van der Waals surface area contributed by atoms with E-state index in [1.54, 1.807) is 35.0 Å². The van der Waals surface area contributed by atoms with Crippen LogP contribution in [0.15, 0.2) is 66.1 Å². The van der Waals surface area contributed by atoms with Crippen LogP contribution >= 0.6 is 11.8 Å². The fourth-order valence-electron chi connectivity index (χ4n) is 2.69. The number of aryl methyl sites for hydroxylation is 1. The number of benzene rings is 1. The van der Waals surface area contributed by atoms with Gasteiger partial charge in [-0.25, -0.2) is 19.3 Å². The molecule has 4 rings (SSSR count). The summed E-state index contributed by atoms with van der Waals surface area (Å²) in [5, 5.41) is 17.4. The van der Waals surface area contributed by atoms with Gasteiger partial charge in [0.1, 0.15) is 11.3 Å². The molecule has 0 saturated heterocycles. The summed E-state index contributed by atoms with van der Waals surface area (Å²) >= 11 is 1.48. The number of pyridine rings is 1. The van der Waals surface area contributed by atoms with Crippen LogP contribution in [0.3, 0.4) is 0 Å². The van der Waals surface area contributed by atoms with Crippen molar-refractivity contribution < 1.29 is 9.90 Å². The molecule has 0 spiro atoms. The number of carbonyl (C=O) groups is 1. The van der Waals surface area contributed by atoms with E-state index < -0.39 is 5.97 Å². The van der Waals surface area contributed by atoms with E-state index in [-0.39, 0.29) is 5.56 Å². The Balaban J connectivity index is 1.57. The number of fused-ring (bicyclic) bond motifs is 1. The van der Waals surface area contributed by atoms with Crippen molar-refractivity contribution in [1.82, 2.24) is 19.6 Å². The highest BCUT2D eigenvalue weighted by molar-refractivity contribution is 7.98. The van der Waals surface area contributed by atoms with Crippen molar-refractivity contribution in [3.8, 4) is 0 Å². The molecule has 3 aromatic heterocycles. The fourth-order valence-corrected chi connectivity index (χ4v) is 3.48. The standard InChI is InChI=1S/C20H17N5O2S/c1-13-4-2-10-21-17(13)22-18-16-5-3-11-25(16)24-20(23-18)28-12-14-6-8-15(9-7-14)19(26)27/h2-11H,12H2,1H3,(H,26,27)(H,21,22,23,24). The predicted octanol–water partition coefficient (Wildman–Crippen LogP) is 4.17. The van der Waals surface area contributed by atoms with Crippen molar-refractivity contribution in [2.45, 2.75) is 17.8 Å². The van der Waals surface area contributed by atoms with E-state index >= 15 is 0 Å². The average molecular weight is 391 g/mol. The zero-order valence-corrected chi connectivity index (χ0v) is 15.8. The van der Waals surface area contributed by atoms with E-state index in [1.165, 1.54) is 11.8 Å². The smallest absolute Gasteiger partial charge is 0.335 e. The van der Waals surface area contributed by atoms with Gasteiger partial charge >= 0.3 is 5.97 Å². The van der Waals surface area contributed by atoms with E-state index in [9.17, 15) is 4.79 Å². The number of nitrogens with zero attached hydrogens (tertiary/aromatic N) is 4. The molecule has 0 unspecified atom stereocenters. The van der Waals surface area contributed by atoms with Crippen LogP contribution in [0.25, 0.3) is 5.52 Å². The number of hydrogen-bond acceptors (Lipinski definition) is 6. The summed E-state index contributed by atoms with van der Waals surface area (Å²) in [6.45, 7) is 1.99. The molecule has 0 aliphatic rings. The number of carboxylic acid groups (broad SMARTS) is 1. The summed E-state index contributed by atoms with van der Waals surface area (Å²) < 4.78 is 1.78. The highest BCUT2D eigenvalue weighted by atomic mass is 32.2. The van der Waals surface area contributed by atoms with Crippen LogP contribution in [0.1, 0.15) is 21.5 Å². The molecule has 0 aliphatic heterocycles. The third kappa shape index (κ3) is 3.81. The Kier molecular flexibility index (Phi) is 4.94. The molecule has 0 atom stereocenters. The summed E-state index contributed by atoms with van der Waals surface area (Å²) in [6.07, 6.45) is 3.61. The van der Waals surface area contributed by atoms with Crippen molar-refractivity contribution >= 4 is 34.9 Å². The quantitative estimate of drug-likeness (QED) is 0.477. The third-order valence-corrected chi connectivity index (χ3v) is 5.10. The lowest BCUT2D eigenvalue weighted by molar-refractivity contribution is 0.0697. The van der Waals surface area contributed by atoms with Gasteiger partial charge in [-0.05, 0) is 48.4 Å². The molecular formula is C20H17N5O2S. The van der Waals surface area contributed by atoms with Gasteiger partial charge < -0.3 is 10.4 Å². The number of anilines is 2. The zero-order chi connectivity index (χ0) is 19.5. The van der Waals surface area contributed by atoms with Gasteiger partial charge in [-0.2, -0.15) is 0 Å². The van der Waals surface area contributed by atoms with Gasteiger partial charge in [-0.3, -0.25) is 0 Å². The number of carboxylic acids is 1. The number of hydrogen-bond donors (Lipinski definition) is 2. The predicted molar refractivity (Wildman–Crippen MR) is 108 cm³/mol. The first kappa shape index (κ1) is 18.0. The van der Waals surface area contributed by atoms with Crippen LogP contribution in [0.4, 0.5) is 11.6 Å². The van der Waals surface area contributed by atoms with Crippen LogP contribution in [0.2, 0.25) is 0 Å². The second kappa shape index (κ2) is 7.69. The number of thioether (sulfide) groups is 1. The molecule has 0 bridgehead atoms. The van der Waals surface area contributed by atoms with Crippen LogP contribution in [0, 0.1) is 6.92 Å². The zero-order valence-electron chi connectivity index (χ0n) is 15.0. The lowest BCUT2D eigenvalue weighted by Crippen LogP contribution is -2.04. The molecule has 28 heavy (non-hydrogen) atoms. The first-order valence-electron chi connectivity index (χ1n) is 8.59. The molecule has 0 aliphatic carbocycles. The second-order valence-electron chi connectivity index (χ2n) is 6.17. The van der Waals surface area contributed by atoms with Crippen molar-refractivity contribution in [3.05, 3.63) is 77.6 Å². The minimum atomic E-state index is -0.930. The van der Waals surface area contributed by atoms with Crippen molar-refractivity contribution in [3.63, 3.8) is 0 Å². The van der Waals surface area contributed by atoms with Gasteiger partial charge in [0.2, 0.25) is 5.16 Å². The van der Waals surface area contributed by atoms with Gasteiger partial charge in [0.05, 0.1) is 5.56 Å². The maximum atomic E-state index is 11.0. The molecule has 0 amide bonds. The van der Waals surface area contributed by atoms with Crippen molar-refractivity contribution in [2.75, 3.05) is 5.32 Å². The lowest BCUT2D eigenvalue weighted by Gasteiger charge is -2.10. The van der Waals surface area contributed by atoms with Gasteiger partial charge in [-0.1, -0.05) is 30.0 Å². The minimum absolute atomic E-state index is 0.274. The molecule has 0 fully saturated rings. The van der Waals surface area contributed by atoms with Crippen LogP contribution in [-0.4, -0.2) is 30.7 Å². The molecule has 0 radical (unpaired) electrons. The molecule has 8 heteroatoms. The minimum Gasteiger partial charge on any atom is -0.478 e. The first-order chi connectivity index (χ1) is 13.6. The SMILES string of the molecule is Cc1cccnc1Nc1nc(SCc2ccc(C(=O)O)cc2)nn2cccc12. The molecule has 0 saturated carbocycles. The summed E-state index contributed by atoms with van der Waals surface area (Å²) in [4.78, 5) is 20.0. The summed E-state index contributed by atoms with van der Waals surface area (Å²) in [5.41, 5.74) is 3.16. The second-order valence-corrected chi connectivity index (χ2v) is 7.11. The highest BCUT2D eigenvalue weighted by Crippen LogP contribution is 2.25. The van der Waals surface area contributed by atoms with Gasteiger partial charge in [0.25, 0.3) is 0 Å². The largest absolute Gasteiger partial charge is 0.478 e. The van der Waals surface area contributed by atoms with Gasteiger partial charge in [0, 0.05) is 18.1 Å². The summed E-state index contributed by atoms with van der Waals surface area (Å²) in [5.74, 6) is 1.14. The Morgan fingerprint density at radius 1 is 1.14 bits per heavy atom. The maximum Gasteiger partial charge on any atom is 0.335 e. The van der Waals surface area contributed by atoms with Crippen LogP contribution < -0.4 is 5.32 Å². The molecule has 3 heterocycles. The Morgan fingerprint density at radius 3 is 2.71 bits per heavy atom. The highest BCUT2D eigenvalue weighted by Gasteiger charge is 2.11. The average Bonchev–Trinajstić information content (AvgIpc) is 3.17. The number of aromatic carboxylic acids is 1. The molecular weight excluding hydrogens is 374 g/mol. The number of nitrogens with one attached hydrogen (secondary N) is 1. The summed E-state index contributed by atoms with van der Waals surface area (Å²) in [7, 11) is 0. The molecule has 140 valence electrons. The normalized spacial score (nSPS) is 10.9. The lowest BCUT2D eigenvalue weighted by atomic mass is 10.1. The monoisotopic (exact) mass is 391 g/mol. The molecule has 4 aromatic rings. The molecule has 1 aromatic carbocycles. The van der Waals surface area contributed by atoms with E-state index in [0.717, 1.165) is 22.5 Å². The maximum absolute atomic E-state index is 11.0. The van der Waals surface area contributed by atoms with Gasteiger partial charge in [-0.15, -0.1) is 5.10 Å². The Labute approximate surface area is 165 Å². The molecule has 7 nitrogen and oxygen atoms in total. The van der Waals surface area contributed by atoms with E-state index in [0.29, 0.717) is 16.7 Å². The Bertz CT molecular complexity index is 1140. The van der Waals surface area contributed by atoms with Crippen LogP contribution in [0.5, 0.6) is 0 Å². The Hall–Kier alpha value is -3.39. The first-order valence-corrected chi connectivity index (χ1v) is 9.58. The van der Waals surface area contributed by atoms with E-state index in [1.807, 2.05) is 37.4 Å². The number of rotatable bonds is 6. The van der Waals surface area contributed by atoms with Crippen molar-refractivity contribution in [1.29, 1.82) is 0 Å². The van der Waals surface area contributed by atoms with Crippen LogP contribution in [-0.2, 0) is 5.75 Å². The van der Waals surface area contributed by atoms with E-state index in [4.69, 9.17) is 5.11 Å². The molecule has 2 N–H and O–H groups in total.